The first-order chi connectivity index (χ1) is 11.4. The van der Waals surface area contributed by atoms with Crippen molar-refractivity contribution in [2.45, 2.75) is 31.0 Å². The van der Waals surface area contributed by atoms with Crippen molar-refractivity contribution < 1.29 is 18.7 Å². The van der Waals surface area contributed by atoms with E-state index in [9.17, 15) is 18.7 Å². The normalized spacial score (nSPS) is 14.0. The molecule has 4 N–H and O–H groups in total. The Morgan fingerprint density at radius 2 is 1.54 bits per heavy atom. The number of amides is 1. The fourth-order valence-corrected chi connectivity index (χ4v) is 2.30. The fourth-order valence-electron chi connectivity index (χ4n) is 2.30. The Bertz CT molecular complexity index is 651. The van der Waals surface area contributed by atoms with Crippen molar-refractivity contribution in [2.75, 3.05) is 0 Å². The Hall–Kier alpha value is -2.31. The Kier molecular flexibility index (Phi) is 6.00. The van der Waals surface area contributed by atoms with Gasteiger partial charge in [0.05, 0.1) is 0 Å². The number of halogens is 2. The summed E-state index contributed by atoms with van der Waals surface area (Å²) in [6, 6.07) is 16.1. The summed E-state index contributed by atoms with van der Waals surface area (Å²) in [4.78, 5) is 11.8. The van der Waals surface area contributed by atoms with Crippen LogP contribution in [0.4, 0.5) is 8.78 Å². The molecule has 1 amide bonds. The van der Waals surface area contributed by atoms with Gasteiger partial charge in [-0.15, -0.1) is 0 Å². The van der Waals surface area contributed by atoms with Gasteiger partial charge in [-0.3, -0.25) is 4.79 Å². The van der Waals surface area contributed by atoms with Gasteiger partial charge in [-0.25, -0.2) is 0 Å². The van der Waals surface area contributed by atoms with Crippen LogP contribution in [0.25, 0.3) is 0 Å². The summed E-state index contributed by atoms with van der Waals surface area (Å²) in [7, 11) is 0. The van der Waals surface area contributed by atoms with E-state index in [2.05, 4.69) is 5.32 Å². The van der Waals surface area contributed by atoms with Crippen molar-refractivity contribution in [2.24, 2.45) is 5.73 Å². The van der Waals surface area contributed by atoms with Gasteiger partial charge in [0.25, 0.3) is 5.91 Å². The Labute approximate surface area is 139 Å². The first-order valence-electron chi connectivity index (χ1n) is 7.59. The summed E-state index contributed by atoms with van der Waals surface area (Å²) in [6.45, 7) is -0.0457. The molecule has 0 unspecified atom stereocenters. The predicted molar refractivity (Wildman–Crippen MR) is 87.4 cm³/mol. The summed E-state index contributed by atoms with van der Waals surface area (Å²) < 4.78 is 28.2. The van der Waals surface area contributed by atoms with Crippen LogP contribution in [0, 0.1) is 0 Å². The highest BCUT2D eigenvalue weighted by molar-refractivity contribution is 5.84. The van der Waals surface area contributed by atoms with Crippen molar-refractivity contribution in [3.8, 4) is 0 Å². The maximum Gasteiger partial charge on any atom is 0.351 e. The van der Waals surface area contributed by atoms with Crippen LogP contribution in [0.3, 0.4) is 0 Å². The number of carbonyl (C=O) groups is 1. The van der Waals surface area contributed by atoms with Crippen molar-refractivity contribution in [1.82, 2.24) is 5.32 Å². The number of rotatable bonds is 7. The largest absolute Gasteiger partial charge is 0.385 e. The van der Waals surface area contributed by atoms with Crippen molar-refractivity contribution in [3.05, 3.63) is 71.8 Å². The second-order valence-electron chi connectivity index (χ2n) is 5.59. The van der Waals surface area contributed by atoms with Crippen LogP contribution in [0.1, 0.15) is 11.1 Å². The molecular formula is C18H20F2N2O2. The number of hydrogen-bond donors (Lipinski definition) is 3. The molecular weight excluding hydrogens is 314 g/mol. The average molecular weight is 334 g/mol. The molecule has 0 fully saturated rings. The van der Waals surface area contributed by atoms with Gasteiger partial charge in [-0.1, -0.05) is 60.7 Å². The lowest BCUT2D eigenvalue weighted by Gasteiger charge is -2.26. The standard InChI is InChI=1S/C18H20F2N2O2/c19-18(20,17(24)22-12-14-9-5-2-6-10-14)16(23)15(21)11-13-7-3-1-4-8-13/h1-10,15-16,23H,11-12,21H2,(H,22,24)/t15-,16+/m0/s1. The van der Waals surface area contributed by atoms with Gasteiger partial charge in [0, 0.05) is 12.6 Å². The van der Waals surface area contributed by atoms with Gasteiger partial charge in [0.2, 0.25) is 0 Å². The third kappa shape index (κ3) is 4.59. The Morgan fingerprint density at radius 1 is 1.04 bits per heavy atom. The molecule has 2 rings (SSSR count). The van der Waals surface area contributed by atoms with Crippen molar-refractivity contribution in [1.29, 1.82) is 0 Å². The van der Waals surface area contributed by atoms with Crippen LogP contribution in [0.5, 0.6) is 0 Å². The molecule has 6 heteroatoms. The minimum atomic E-state index is -3.97. The van der Waals surface area contributed by atoms with E-state index < -0.39 is 24.0 Å². The molecule has 0 radical (unpaired) electrons. The summed E-state index contributed by atoms with van der Waals surface area (Å²) in [5.41, 5.74) is 7.07. The van der Waals surface area contributed by atoms with Crippen LogP contribution in [-0.4, -0.2) is 29.1 Å². The van der Waals surface area contributed by atoms with Crippen molar-refractivity contribution in [3.63, 3.8) is 0 Å². The molecule has 4 nitrogen and oxygen atoms in total. The molecule has 0 saturated carbocycles. The highest BCUT2D eigenvalue weighted by Gasteiger charge is 2.48. The van der Waals surface area contributed by atoms with Gasteiger partial charge < -0.3 is 16.2 Å². The van der Waals surface area contributed by atoms with E-state index in [0.29, 0.717) is 11.1 Å². The van der Waals surface area contributed by atoms with Crippen LogP contribution in [-0.2, 0) is 17.8 Å². The highest BCUT2D eigenvalue weighted by Crippen LogP contribution is 2.22. The zero-order chi connectivity index (χ0) is 17.6. The molecule has 0 spiro atoms. The topological polar surface area (TPSA) is 75.3 Å². The van der Waals surface area contributed by atoms with Gasteiger partial charge in [0.15, 0.2) is 0 Å². The van der Waals surface area contributed by atoms with E-state index in [1.54, 1.807) is 60.7 Å². The monoisotopic (exact) mass is 334 g/mol. The second-order valence-corrected chi connectivity index (χ2v) is 5.59. The molecule has 2 atom stereocenters. The zero-order valence-electron chi connectivity index (χ0n) is 13.0. The molecule has 0 aliphatic rings. The number of nitrogens with two attached hydrogens (primary N) is 1. The molecule has 0 bridgehead atoms. The minimum Gasteiger partial charge on any atom is -0.385 e. The Morgan fingerprint density at radius 3 is 2.08 bits per heavy atom. The summed E-state index contributed by atoms with van der Waals surface area (Å²) in [6.07, 6.45) is -2.22. The zero-order valence-corrected chi connectivity index (χ0v) is 13.0. The van der Waals surface area contributed by atoms with Gasteiger partial charge in [0.1, 0.15) is 6.10 Å². The van der Waals surface area contributed by atoms with E-state index in [0.717, 1.165) is 0 Å². The van der Waals surface area contributed by atoms with E-state index >= 15 is 0 Å². The molecule has 128 valence electrons. The first-order valence-corrected chi connectivity index (χ1v) is 7.59. The molecule has 0 heterocycles. The maximum absolute atomic E-state index is 14.1. The lowest BCUT2D eigenvalue weighted by Crippen LogP contribution is -2.55. The molecule has 0 aromatic heterocycles. The van der Waals surface area contributed by atoms with Gasteiger partial charge in [-0.05, 0) is 17.5 Å². The third-order valence-corrected chi connectivity index (χ3v) is 3.69. The Balaban J connectivity index is 1.95. The molecule has 2 aromatic rings. The maximum atomic E-state index is 14.1. The molecule has 0 aliphatic heterocycles. The number of nitrogens with one attached hydrogen (secondary N) is 1. The molecule has 0 aliphatic carbocycles. The number of alkyl halides is 2. The number of benzene rings is 2. The van der Waals surface area contributed by atoms with Gasteiger partial charge >= 0.3 is 5.92 Å². The SMILES string of the molecule is N[C@@H](Cc1ccccc1)[C@@H](O)C(F)(F)C(=O)NCc1ccccc1. The van der Waals surface area contributed by atoms with E-state index in [1.165, 1.54) is 0 Å². The number of aliphatic hydroxyl groups is 1. The molecule has 0 saturated heterocycles. The number of hydrogen-bond acceptors (Lipinski definition) is 3. The minimum absolute atomic E-state index is 0.0452. The lowest BCUT2D eigenvalue weighted by atomic mass is 9.97. The second kappa shape index (κ2) is 7.99. The predicted octanol–water partition coefficient (Wildman–Crippen LogP) is 1.87. The van der Waals surface area contributed by atoms with Crippen LogP contribution in [0.15, 0.2) is 60.7 Å². The average Bonchev–Trinajstić information content (AvgIpc) is 2.60. The molecule has 24 heavy (non-hydrogen) atoms. The lowest BCUT2D eigenvalue weighted by molar-refractivity contribution is -0.165. The summed E-state index contributed by atoms with van der Waals surface area (Å²) in [5, 5.41) is 12.0. The van der Waals surface area contributed by atoms with Crippen LogP contribution in [0.2, 0.25) is 0 Å². The number of aliphatic hydroxyl groups excluding tert-OH is 1. The smallest absolute Gasteiger partial charge is 0.351 e. The van der Waals surface area contributed by atoms with Crippen molar-refractivity contribution >= 4 is 5.91 Å². The fraction of sp³-hybridized carbons (Fsp3) is 0.278. The highest BCUT2D eigenvalue weighted by atomic mass is 19.3. The summed E-state index contributed by atoms with van der Waals surface area (Å²) in [5.74, 6) is -5.51. The van der Waals surface area contributed by atoms with E-state index in [4.69, 9.17) is 5.73 Å². The van der Waals surface area contributed by atoms with E-state index in [-0.39, 0.29) is 13.0 Å². The molecule has 2 aromatic carbocycles. The quantitative estimate of drug-likeness (QED) is 0.723. The first kappa shape index (κ1) is 18.0. The number of carbonyl (C=O) groups excluding carboxylic acids is 1. The third-order valence-electron chi connectivity index (χ3n) is 3.69. The summed E-state index contributed by atoms with van der Waals surface area (Å²) >= 11 is 0. The van der Waals surface area contributed by atoms with E-state index in [1.807, 2.05) is 0 Å². The van der Waals surface area contributed by atoms with Crippen LogP contribution < -0.4 is 11.1 Å². The van der Waals surface area contributed by atoms with Crippen LogP contribution >= 0.6 is 0 Å². The van der Waals surface area contributed by atoms with Gasteiger partial charge in [-0.2, -0.15) is 8.78 Å².